The molecule has 84 valence electrons. The van der Waals surface area contributed by atoms with Crippen LogP contribution in [0, 0.1) is 25.2 Å². The van der Waals surface area contributed by atoms with Gasteiger partial charge in [0.25, 0.3) is 0 Å². The first-order valence-electron chi connectivity index (χ1n) is 5.40. The molecular weight excluding hydrogens is 210 g/mol. The molecule has 0 amide bonds. The maximum Gasteiger partial charge on any atom is 0.163 e. The fourth-order valence-corrected chi connectivity index (χ4v) is 1.57. The minimum Gasteiger partial charge on any atom is -0.353 e. The van der Waals surface area contributed by atoms with E-state index in [1.165, 1.54) is 11.1 Å². The third-order valence-electron chi connectivity index (χ3n) is 2.70. The molecule has 0 aliphatic rings. The number of benzene rings is 1. The second-order valence-corrected chi connectivity index (χ2v) is 3.94. The summed E-state index contributed by atoms with van der Waals surface area (Å²) in [4.78, 5) is 4.01. The topological polar surface area (TPSA) is 48.7 Å². The molecule has 0 aliphatic heterocycles. The summed E-state index contributed by atoms with van der Waals surface area (Å²) in [6, 6.07) is 11.8. The predicted octanol–water partition coefficient (Wildman–Crippen LogP) is 3.31. The molecule has 0 unspecified atom stereocenters. The fraction of sp³-hybridized carbons (Fsp3) is 0.143. The summed E-state index contributed by atoms with van der Waals surface area (Å²) >= 11 is 0. The van der Waals surface area contributed by atoms with E-state index in [0.717, 1.165) is 11.4 Å². The number of hydrogen-bond donors (Lipinski definition) is 1. The number of aromatic nitrogens is 1. The van der Waals surface area contributed by atoms with E-state index in [4.69, 9.17) is 5.26 Å². The van der Waals surface area contributed by atoms with Gasteiger partial charge >= 0.3 is 0 Å². The van der Waals surface area contributed by atoms with Crippen LogP contribution in [0.15, 0.2) is 36.5 Å². The van der Waals surface area contributed by atoms with E-state index in [-0.39, 0.29) is 0 Å². The van der Waals surface area contributed by atoms with Crippen LogP contribution >= 0.6 is 0 Å². The highest BCUT2D eigenvalue weighted by Gasteiger charge is 2.03. The Bertz CT molecular complexity index is 582. The molecule has 0 bridgehead atoms. The zero-order valence-corrected chi connectivity index (χ0v) is 9.86. The molecule has 2 aromatic rings. The van der Waals surface area contributed by atoms with Crippen LogP contribution in [0.1, 0.15) is 16.8 Å². The number of anilines is 2. The van der Waals surface area contributed by atoms with Gasteiger partial charge in [0.15, 0.2) is 5.69 Å². The van der Waals surface area contributed by atoms with E-state index >= 15 is 0 Å². The predicted molar refractivity (Wildman–Crippen MR) is 68.2 cm³/mol. The first-order valence-corrected chi connectivity index (χ1v) is 5.40. The number of rotatable bonds is 2. The van der Waals surface area contributed by atoms with Gasteiger partial charge in [0.05, 0.1) is 5.69 Å². The standard InChI is InChI=1S/C14H13N3/c1-10-5-6-12(8-11(10)2)17-13-4-3-7-16-14(13)9-15/h3-8,17H,1-2H3. The van der Waals surface area contributed by atoms with Crippen LogP contribution in [0.4, 0.5) is 11.4 Å². The van der Waals surface area contributed by atoms with Gasteiger partial charge in [-0.05, 0) is 49.2 Å². The summed E-state index contributed by atoms with van der Waals surface area (Å²) in [6.07, 6.45) is 1.62. The molecular formula is C14H13N3. The van der Waals surface area contributed by atoms with Crippen molar-refractivity contribution in [2.24, 2.45) is 0 Å². The highest BCUT2D eigenvalue weighted by atomic mass is 14.9. The molecule has 1 aromatic carbocycles. The quantitative estimate of drug-likeness (QED) is 0.849. The average Bonchev–Trinajstić information content (AvgIpc) is 2.34. The molecule has 0 aliphatic carbocycles. The van der Waals surface area contributed by atoms with E-state index in [1.54, 1.807) is 6.20 Å². The number of nitrogens with zero attached hydrogens (tertiary/aromatic N) is 2. The normalized spacial score (nSPS) is 9.71. The Morgan fingerprint density at radius 3 is 2.71 bits per heavy atom. The number of pyridine rings is 1. The molecule has 0 saturated carbocycles. The average molecular weight is 223 g/mol. The lowest BCUT2D eigenvalue weighted by Crippen LogP contribution is -1.96. The molecule has 0 fully saturated rings. The lowest BCUT2D eigenvalue weighted by Gasteiger charge is -2.09. The van der Waals surface area contributed by atoms with Crippen molar-refractivity contribution in [3.8, 4) is 6.07 Å². The van der Waals surface area contributed by atoms with Crippen LogP contribution in [-0.4, -0.2) is 4.98 Å². The smallest absolute Gasteiger partial charge is 0.163 e. The maximum absolute atomic E-state index is 8.94. The van der Waals surface area contributed by atoms with E-state index in [1.807, 2.05) is 18.2 Å². The van der Waals surface area contributed by atoms with E-state index in [0.29, 0.717) is 5.69 Å². The van der Waals surface area contributed by atoms with Crippen LogP contribution in [0.2, 0.25) is 0 Å². The molecule has 1 aromatic heterocycles. The van der Waals surface area contributed by atoms with Crippen molar-refractivity contribution in [3.63, 3.8) is 0 Å². The fourth-order valence-electron chi connectivity index (χ4n) is 1.57. The lowest BCUT2D eigenvalue weighted by atomic mass is 10.1. The van der Waals surface area contributed by atoms with Crippen molar-refractivity contribution < 1.29 is 0 Å². The summed E-state index contributed by atoms with van der Waals surface area (Å²) in [5.74, 6) is 0. The van der Waals surface area contributed by atoms with Crippen molar-refractivity contribution in [3.05, 3.63) is 53.3 Å². The van der Waals surface area contributed by atoms with Gasteiger partial charge in [-0.15, -0.1) is 0 Å². The lowest BCUT2D eigenvalue weighted by molar-refractivity contribution is 1.26. The third kappa shape index (κ3) is 2.43. The molecule has 17 heavy (non-hydrogen) atoms. The second kappa shape index (κ2) is 4.67. The Labute approximate surface area is 101 Å². The Balaban J connectivity index is 2.32. The van der Waals surface area contributed by atoms with Crippen molar-refractivity contribution in [2.45, 2.75) is 13.8 Å². The Kier molecular flexibility index (Phi) is 3.06. The van der Waals surface area contributed by atoms with E-state index < -0.39 is 0 Å². The first-order chi connectivity index (χ1) is 8.20. The highest BCUT2D eigenvalue weighted by molar-refractivity contribution is 5.65. The molecule has 1 N–H and O–H groups in total. The van der Waals surface area contributed by atoms with Gasteiger partial charge in [-0.25, -0.2) is 4.98 Å². The number of nitriles is 1. The first kappa shape index (κ1) is 11.2. The molecule has 0 radical (unpaired) electrons. The van der Waals surface area contributed by atoms with Crippen molar-refractivity contribution in [1.29, 1.82) is 5.26 Å². The van der Waals surface area contributed by atoms with Crippen molar-refractivity contribution >= 4 is 11.4 Å². The second-order valence-electron chi connectivity index (χ2n) is 3.94. The zero-order chi connectivity index (χ0) is 12.3. The molecule has 1 heterocycles. The van der Waals surface area contributed by atoms with Crippen LogP contribution < -0.4 is 5.32 Å². The SMILES string of the molecule is Cc1ccc(Nc2cccnc2C#N)cc1C. The molecule has 3 heteroatoms. The minimum absolute atomic E-state index is 0.408. The Morgan fingerprint density at radius 2 is 2.00 bits per heavy atom. The minimum atomic E-state index is 0.408. The van der Waals surface area contributed by atoms with Gasteiger partial charge in [0.1, 0.15) is 6.07 Å². The highest BCUT2D eigenvalue weighted by Crippen LogP contribution is 2.20. The van der Waals surface area contributed by atoms with Gasteiger partial charge in [-0.1, -0.05) is 6.07 Å². The summed E-state index contributed by atoms with van der Waals surface area (Å²) in [7, 11) is 0. The molecule has 0 atom stereocenters. The van der Waals surface area contributed by atoms with Crippen LogP contribution in [0.3, 0.4) is 0 Å². The van der Waals surface area contributed by atoms with Crippen molar-refractivity contribution in [1.82, 2.24) is 4.98 Å². The van der Waals surface area contributed by atoms with Gasteiger partial charge in [0, 0.05) is 11.9 Å². The van der Waals surface area contributed by atoms with E-state index in [2.05, 4.69) is 42.4 Å². The van der Waals surface area contributed by atoms with Crippen LogP contribution in [0.5, 0.6) is 0 Å². The maximum atomic E-state index is 8.94. The van der Waals surface area contributed by atoms with E-state index in [9.17, 15) is 0 Å². The largest absolute Gasteiger partial charge is 0.353 e. The van der Waals surface area contributed by atoms with Crippen LogP contribution in [0.25, 0.3) is 0 Å². The zero-order valence-electron chi connectivity index (χ0n) is 9.86. The monoisotopic (exact) mass is 223 g/mol. The third-order valence-corrected chi connectivity index (χ3v) is 2.70. The summed E-state index contributed by atoms with van der Waals surface area (Å²) < 4.78 is 0. The van der Waals surface area contributed by atoms with Gasteiger partial charge in [0.2, 0.25) is 0 Å². The summed E-state index contributed by atoms with van der Waals surface area (Å²) in [5.41, 5.74) is 4.58. The van der Waals surface area contributed by atoms with Crippen molar-refractivity contribution in [2.75, 3.05) is 5.32 Å². The van der Waals surface area contributed by atoms with Crippen LogP contribution in [-0.2, 0) is 0 Å². The van der Waals surface area contributed by atoms with Gasteiger partial charge < -0.3 is 5.32 Å². The summed E-state index contributed by atoms with van der Waals surface area (Å²) in [5, 5.41) is 12.1. The molecule has 0 saturated heterocycles. The molecule has 3 nitrogen and oxygen atoms in total. The van der Waals surface area contributed by atoms with Gasteiger partial charge in [-0.2, -0.15) is 5.26 Å². The summed E-state index contributed by atoms with van der Waals surface area (Å²) in [6.45, 7) is 4.14. The number of nitrogens with one attached hydrogen (secondary N) is 1. The number of aryl methyl sites for hydroxylation is 2. The Morgan fingerprint density at radius 1 is 1.18 bits per heavy atom. The molecule has 0 spiro atoms. The van der Waals surface area contributed by atoms with Gasteiger partial charge in [-0.3, -0.25) is 0 Å². The number of hydrogen-bond acceptors (Lipinski definition) is 3. The molecule has 2 rings (SSSR count). The Hall–Kier alpha value is -2.34.